The average Bonchev–Trinajstić information content (AvgIpc) is 2.25. The van der Waals surface area contributed by atoms with Gasteiger partial charge in [0.25, 0.3) is 0 Å². The van der Waals surface area contributed by atoms with Gasteiger partial charge in [-0.25, -0.2) is 0 Å². The van der Waals surface area contributed by atoms with Crippen LogP contribution in [0, 0.1) is 5.92 Å². The molecule has 1 aliphatic carbocycles. The second-order valence-corrected chi connectivity index (χ2v) is 4.33. The third-order valence-corrected chi connectivity index (χ3v) is 2.91. The monoisotopic (exact) mass is 251 g/mol. The number of carbonyl (C=O) groups excluding carboxylic acids is 1. The second-order valence-electron chi connectivity index (χ2n) is 4.33. The number of halogens is 3. The molecule has 0 unspecified atom stereocenters. The van der Waals surface area contributed by atoms with Crippen molar-refractivity contribution in [2.45, 2.75) is 38.0 Å². The summed E-state index contributed by atoms with van der Waals surface area (Å²) in [7, 11) is 0. The van der Waals surface area contributed by atoms with Crippen LogP contribution in [0.2, 0.25) is 0 Å². The summed E-state index contributed by atoms with van der Waals surface area (Å²) in [5.74, 6) is -0.679. The van der Waals surface area contributed by atoms with Crippen molar-refractivity contribution < 1.29 is 23.1 Å². The fraction of sp³-hybridized carbons (Fsp3) is 0.727. The lowest BCUT2D eigenvalue weighted by atomic mass is 9.86. The minimum atomic E-state index is -4.69. The number of nitrogens with one attached hydrogen (secondary N) is 1. The van der Waals surface area contributed by atoms with Gasteiger partial charge >= 0.3 is 6.18 Å². The van der Waals surface area contributed by atoms with Crippen LogP contribution >= 0.6 is 0 Å². The number of carbonyl (C=O) groups is 1. The lowest BCUT2D eigenvalue weighted by Gasteiger charge is -2.23. The number of allylic oxidation sites excluding steroid dienone is 1. The fourth-order valence-corrected chi connectivity index (χ4v) is 1.75. The third kappa shape index (κ3) is 4.38. The molecule has 0 aliphatic heterocycles. The number of aliphatic hydroxyl groups is 1. The highest BCUT2D eigenvalue weighted by Gasteiger charge is 2.38. The topological polar surface area (TPSA) is 49.3 Å². The predicted molar refractivity (Wildman–Crippen MR) is 56.2 cm³/mol. The van der Waals surface area contributed by atoms with Crippen LogP contribution in [0.25, 0.3) is 0 Å². The van der Waals surface area contributed by atoms with Crippen LogP contribution in [-0.2, 0) is 4.79 Å². The van der Waals surface area contributed by atoms with E-state index in [2.05, 4.69) is 11.9 Å². The Bertz CT molecular complexity index is 292. The summed E-state index contributed by atoms with van der Waals surface area (Å²) in [5, 5.41) is 10.9. The Kier molecular flexibility index (Phi) is 4.56. The van der Waals surface area contributed by atoms with Gasteiger partial charge in [-0.05, 0) is 25.7 Å². The molecule has 98 valence electrons. The number of rotatable bonds is 3. The van der Waals surface area contributed by atoms with Crippen LogP contribution < -0.4 is 5.32 Å². The van der Waals surface area contributed by atoms with E-state index in [1.807, 2.05) is 0 Å². The molecule has 1 fully saturated rings. The first-order valence-corrected chi connectivity index (χ1v) is 5.50. The first-order chi connectivity index (χ1) is 7.80. The smallest absolute Gasteiger partial charge is 0.382 e. The molecule has 0 spiro atoms. The molecule has 0 bridgehead atoms. The van der Waals surface area contributed by atoms with E-state index in [0.717, 1.165) is 18.4 Å². The van der Waals surface area contributed by atoms with E-state index >= 15 is 0 Å². The molecule has 17 heavy (non-hydrogen) atoms. The minimum Gasteiger partial charge on any atom is -0.382 e. The van der Waals surface area contributed by atoms with E-state index < -0.39 is 24.7 Å². The predicted octanol–water partition coefficient (Wildman–Crippen LogP) is 1.77. The van der Waals surface area contributed by atoms with Gasteiger partial charge in [-0.15, -0.1) is 0 Å². The number of alkyl halides is 3. The van der Waals surface area contributed by atoms with Crippen molar-refractivity contribution in [1.29, 1.82) is 0 Å². The van der Waals surface area contributed by atoms with Gasteiger partial charge in [0, 0.05) is 5.92 Å². The molecule has 0 saturated heterocycles. The molecule has 0 radical (unpaired) electrons. The average molecular weight is 251 g/mol. The van der Waals surface area contributed by atoms with Crippen LogP contribution in [0.5, 0.6) is 0 Å². The highest BCUT2D eigenvalue weighted by atomic mass is 19.4. The lowest BCUT2D eigenvalue weighted by Crippen LogP contribution is -2.43. The van der Waals surface area contributed by atoms with Crippen LogP contribution in [0.1, 0.15) is 25.7 Å². The van der Waals surface area contributed by atoms with Gasteiger partial charge in [0.2, 0.25) is 5.91 Å². The summed E-state index contributed by atoms with van der Waals surface area (Å²) in [6.45, 7) is 3.02. The SMILES string of the molecule is C=C1CCC(C(=O)NC[C@H](O)C(F)(F)F)CC1. The van der Waals surface area contributed by atoms with Crippen molar-refractivity contribution in [2.75, 3.05) is 6.54 Å². The standard InChI is InChI=1S/C11H16F3NO2/c1-7-2-4-8(5-3-7)10(17)15-6-9(16)11(12,13)14/h8-9,16H,1-6H2,(H,15,17)/t9-/m0/s1. The third-order valence-electron chi connectivity index (χ3n) is 2.91. The van der Waals surface area contributed by atoms with Gasteiger partial charge in [0.05, 0.1) is 6.54 Å². The van der Waals surface area contributed by atoms with Crippen molar-refractivity contribution in [3.63, 3.8) is 0 Å². The van der Waals surface area contributed by atoms with Crippen LogP contribution in [-0.4, -0.2) is 29.8 Å². The molecule has 1 rings (SSSR count). The van der Waals surface area contributed by atoms with Crippen LogP contribution in [0.4, 0.5) is 13.2 Å². The molecule has 2 N–H and O–H groups in total. The number of aliphatic hydroxyl groups excluding tert-OH is 1. The maximum absolute atomic E-state index is 12.0. The largest absolute Gasteiger partial charge is 0.416 e. The first kappa shape index (κ1) is 14.0. The molecule has 0 aromatic carbocycles. The van der Waals surface area contributed by atoms with Gasteiger partial charge in [-0.1, -0.05) is 12.2 Å². The van der Waals surface area contributed by atoms with E-state index in [9.17, 15) is 18.0 Å². The Morgan fingerprint density at radius 3 is 2.47 bits per heavy atom. The van der Waals surface area contributed by atoms with Crippen molar-refractivity contribution in [3.05, 3.63) is 12.2 Å². The van der Waals surface area contributed by atoms with E-state index in [-0.39, 0.29) is 5.92 Å². The molecule has 0 aromatic heterocycles. The minimum absolute atomic E-state index is 0.263. The normalized spacial score (nSPS) is 20.1. The molecule has 1 amide bonds. The zero-order valence-electron chi connectivity index (χ0n) is 9.39. The van der Waals surface area contributed by atoms with E-state index in [1.165, 1.54) is 0 Å². The molecule has 1 saturated carbocycles. The number of hydrogen-bond acceptors (Lipinski definition) is 2. The van der Waals surface area contributed by atoms with E-state index in [0.29, 0.717) is 12.8 Å². The molecular weight excluding hydrogens is 235 g/mol. The molecule has 1 aliphatic rings. The Labute approximate surface area is 97.7 Å². The zero-order valence-corrected chi connectivity index (χ0v) is 9.39. The highest BCUT2D eigenvalue weighted by molar-refractivity contribution is 5.78. The molecular formula is C11H16F3NO2. The van der Waals surface area contributed by atoms with Gasteiger partial charge in [-0.3, -0.25) is 4.79 Å². The summed E-state index contributed by atoms with van der Waals surface area (Å²) < 4.78 is 35.9. The number of hydrogen-bond donors (Lipinski definition) is 2. The van der Waals surface area contributed by atoms with E-state index in [1.54, 1.807) is 0 Å². The lowest BCUT2D eigenvalue weighted by molar-refractivity contribution is -0.202. The van der Waals surface area contributed by atoms with Gasteiger partial charge < -0.3 is 10.4 Å². The van der Waals surface area contributed by atoms with Crippen molar-refractivity contribution in [2.24, 2.45) is 5.92 Å². The maximum atomic E-state index is 12.0. The van der Waals surface area contributed by atoms with Gasteiger partial charge in [-0.2, -0.15) is 13.2 Å². The second kappa shape index (κ2) is 5.53. The fourth-order valence-electron chi connectivity index (χ4n) is 1.75. The van der Waals surface area contributed by atoms with Gasteiger partial charge in [0.15, 0.2) is 6.10 Å². The molecule has 0 aromatic rings. The van der Waals surface area contributed by atoms with Crippen molar-refractivity contribution in [3.8, 4) is 0 Å². The summed E-state index contributed by atoms with van der Waals surface area (Å²) in [5.41, 5.74) is 1.07. The van der Waals surface area contributed by atoms with Crippen LogP contribution in [0.3, 0.4) is 0 Å². The maximum Gasteiger partial charge on any atom is 0.416 e. The molecule has 0 heterocycles. The summed E-state index contributed by atoms with van der Waals surface area (Å²) in [4.78, 5) is 11.5. The number of amides is 1. The Hall–Kier alpha value is -1.04. The summed E-state index contributed by atoms with van der Waals surface area (Å²) in [6.07, 6.45) is -4.47. The highest BCUT2D eigenvalue weighted by Crippen LogP contribution is 2.27. The van der Waals surface area contributed by atoms with Gasteiger partial charge in [0.1, 0.15) is 0 Å². The van der Waals surface area contributed by atoms with E-state index in [4.69, 9.17) is 5.11 Å². The van der Waals surface area contributed by atoms with Crippen molar-refractivity contribution in [1.82, 2.24) is 5.32 Å². The Balaban J connectivity index is 2.32. The molecule has 3 nitrogen and oxygen atoms in total. The Morgan fingerprint density at radius 1 is 1.47 bits per heavy atom. The van der Waals surface area contributed by atoms with Crippen LogP contribution in [0.15, 0.2) is 12.2 Å². The summed E-state index contributed by atoms with van der Waals surface area (Å²) >= 11 is 0. The zero-order chi connectivity index (χ0) is 13.1. The first-order valence-electron chi connectivity index (χ1n) is 5.50. The quantitative estimate of drug-likeness (QED) is 0.751. The Morgan fingerprint density at radius 2 is 2.00 bits per heavy atom. The summed E-state index contributed by atoms with van der Waals surface area (Å²) in [6, 6.07) is 0. The van der Waals surface area contributed by atoms with Crippen molar-refractivity contribution >= 4 is 5.91 Å². The molecule has 6 heteroatoms. The molecule has 1 atom stereocenters.